The van der Waals surface area contributed by atoms with Crippen LogP contribution in [0.2, 0.25) is 0 Å². The zero-order chi connectivity index (χ0) is 15.8. The molecule has 0 aliphatic rings. The zero-order valence-electron chi connectivity index (χ0n) is 12.2. The fourth-order valence-corrected chi connectivity index (χ4v) is 2.16. The summed E-state index contributed by atoms with van der Waals surface area (Å²) in [7, 11) is 1.47. The van der Waals surface area contributed by atoms with Crippen LogP contribution in [0.15, 0.2) is 30.3 Å². The molecule has 0 aliphatic carbocycles. The molecule has 2 unspecified atom stereocenters. The average molecular weight is 293 g/mol. The van der Waals surface area contributed by atoms with Crippen LogP contribution in [0.4, 0.5) is 0 Å². The van der Waals surface area contributed by atoms with Crippen molar-refractivity contribution in [3.63, 3.8) is 0 Å². The van der Waals surface area contributed by atoms with Crippen molar-refractivity contribution in [2.75, 3.05) is 13.6 Å². The fraction of sp³-hybridized carbons (Fsp3) is 0.467. The predicted octanol–water partition coefficient (Wildman–Crippen LogP) is 0.207. The SMILES string of the molecule is CN(C(=O)C(N)Cc1ccccc1)C(CCCN)C(=O)O. The normalized spacial score (nSPS) is 13.5. The third-order valence-electron chi connectivity index (χ3n) is 3.40. The van der Waals surface area contributed by atoms with Crippen LogP contribution in [0.5, 0.6) is 0 Å². The summed E-state index contributed by atoms with van der Waals surface area (Å²) in [5, 5.41) is 9.22. The Labute approximate surface area is 124 Å². The number of carbonyl (C=O) groups is 2. The van der Waals surface area contributed by atoms with Gasteiger partial charge in [0.1, 0.15) is 6.04 Å². The van der Waals surface area contributed by atoms with Gasteiger partial charge in [-0.25, -0.2) is 4.79 Å². The van der Waals surface area contributed by atoms with E-state index < -0.39 is 18.1 Å². The van der Waals surface area contributed by atoms with Crippen molar-refractivity contribution in [2.24, 2.45) is 11.5 Å². The number of hydrogen-bond acceptors (Lipinski definition) is 4. The van der Waals surface area contributed by atoms with Crippen molar-refractivity contribution in [2.45, 2.75) is 31.3 Å². The fourth-order valence-electron chi connectivity index (χ4n) is 2.16. The van der Waals surface area contributed by atoms with Gasteiger partial charge in [-0.15, -0.1) is 0 Å². The molecule has 0 radical (unpaired) electrons. The Hall–Kier alpha value is -1.92. The lowest BCUT2D eigenvalue weighted by Crippen LogP contribution is -2.50. The maximum Gasteiger partial charge on any atom is 0.326 e. The smallest absolute Gasteiger partial charge is 0.326 e. The first-order valence-electron chi connectivity index (χ1n) is 6.96. The van der Waals surface area contributed by atoms with E-state index in [1.165, 1.54) is 11.9 Å². The molecule has 1 amide bonds. The minimum atomic E-state index is -1.04. The molecule has 1 aromatic carbocycles. The van der Waals surface area contributed by atoms with Gasteiger partial charge >= 0.3 is 5.97 Å². The molecule has 0 bridgehead atoms. The van der Waals surface area contributed by atoms with Crippen molar-refractivity contribution in [3.05, 3.63) is 35.9 Å². The highest BCUT2D eigenvalue weighted by Crippen LogP contribution is 2.09. The number of benzene rings is 1. The van der Waals surface area contributed by atoms with E-state index in [9.17, 15) is 14.7 Å². The zero-order valence-corrected chi connectivity index (χ0v) is 12.2. The molecule has 0 aromatic heterocycles. The van der Waals surface area contributed by atoms with E-state index >= 15 is 0 Å². The van der Waals surface area contributed by atoms with Crippen LogP contribution in [0.25, 0.3) is 0 Å². The molecule has 0 saturated carbocycles. The number of carboxylic acid groups (broad SMARTS) is 1. The molecule has 1 rings (SSSR count). The monoisotopic (exact) mass is 293 g/mol. The first kappa shape index (κ1) is 17.1. The maximum absolute atomic E-state index is 12.3. The van der Waals surface area contributed by atoms with E-state index in [4.69, 9.17) is 11.5 Å². The van der Waals surface area contributed by atoms with Gasteiger partial charge in [-0.2, -0.15) is 0 Å². The van der Waals surface area contributed by atoms with Crippen molar-refractivity contribution in [1.29, 1.82) is 0 Å². The summed E-state index contributed by atoms with van der Waals surface area (Å²) in [6.07, 6.45) is 1.25. The van der Waals surface area contributed by atoms with Crippen molar-refractivity contribution < 1.29 is 14.7 Å². The highest BCUT2D eigenvalue weighted by Gasteiger charge is 2.29. The molecule has 2 atom stereocenters. The van der Waals surface area contributed by atoms with Crippen LogP contribution in [0, 0.1) is 0 Å². The van der Waals surface area contributed by atoms with Gasteiger partial charge < -0.3 is 21.5 Å². The van der Waals surface area contributed by atoms with E-state index in [0.29, 0.717) is 25.8 Å². The molecule has 0 aliphatic heterocycles. The topological polar surface area (TPSA) is 110 Å². The Kier molecular flexibility index (Phi) is 6.84. The van der Waals surface area contributed by atoms with Gasteiger partial charge in [-0.1, -0.05) is 30.3 Å². The highest BCUT2D eigenvalue weighted by molar-refractivity contribution is 5.86. The Morgan fingerprint density at radius 2 is 1.90 bits per heavy atom. The largest absolute Gasteiger partial charge is 0.480 e. The Morgan fingerprint density at radius 3 is 2.43 bits per heavy atom. The number of hydrogen-bond donors (Lipinski definition) is 3. The Balaban J connectivity index is 2.68. The van der Waals surface area contributed by atoms with Gasteiger partial charge in [0.2, 0.25) is 5.91 Å². The van der Waals surface area contributed by atoms with Crippen LogP contribution >= 0.6 is 0 Å². The summed E-state index contributed by atoms with van der Waals surface area (Å²) in [6.45, 7) is 0.391. The predicted molar refractivity (Wildman–Crippen MR) is 80.6 cm³/mol. The van der Waals surface area contributed by atoms with Crippen LogP contribution in [0.1, 0.15) is 18.4 Å². The Morgan fingerprint density at radius 1 is 1.29 bits per heavy atom. The van der Waals surface area contributed by atoms with Gasteiger partial charge in [0, 0.05) is 7.05 Å². The second-order valence-corrected chi connectivity index (χ2v) is 5.03. The summed E-state index contributed by atoms with van der Waals surface area (Å²) in [4.78, 5) is 24.7. The summed E-state index contributed by atoms with van der Waals surface area (Å²) < 4.78 is 0. The average Bonchev–Trinajstić information content (AvgIpc) is 2.47. The first-order chi connectivity index (χ1) is 9.97. The van der Waals surface area contributed by atoms with Gasteiger partial charge in [0.25, 0.3) is 0 Å². The summed E-state index contributed by atoms with van der Waals surface area (Å²) in [6, 6.07) is 7.76. The Bertz CT molecular complexity index is 464. The van der Waals surface area contributed by atoms with E-state index in [2.05, 4.69) is 0 Å². The second-order valence-electron chi connectivity index (χ2n) is 5.03. The van der Waals surface area contributed by atoms with Gasteiger partial charge in [-0.3, -0.25) is 4.79 Å². The quantitative estimate of drug-likeness (QED) is 0.634. The van der Waals surface area contributed by atoms with Gasteiger partial charge in [0.05, 0.1) is 6.04 Å². The van der Waals surface area contributed by atoms with Crippen molar-refractivity contribution >= 4 is 11.9 Å². The lowest BCUT2D eigenvalue weighted by atomic mass is 10.0. The summed E-state index contributed by atoms with van der Waals surface area (Å²) in [5.41, 5.74) is 12.2. The van der Waals surface area contributed by atoms with Crippen LogP contribution in [-0.4, -0.2) is 47.6 Å². The van der Waals surface area contributed by atoms with Crippen LogP contribution in [-0.2, 0) is 16.0 Å². The summed E-state index contributed by atoms with van der Waals surface area (Å²) >= 11 is 0. The van der Waals surface area contributed by atoms with Gasteiger partial charge in [-0.05, 0) is 31.4 Å². The van der Waals surface area contributed by atoms with Crippen LogP contribution in [0.3, 0.4) is 0 Å². The van der Waals surface area contributed by atoms with Crippen molar-refractivity contribution in [1.82, 2.24) is 4.90 Å². The first-order valence-corrected chi connectivity index (χ1v) is 6.96. The molecule has 6 nitrogen and oxygen atoms in total. The molecule has 5 N–H and O–H groups in total. The second kappa shape index (κ2) is 8.39. The molecule has 0 fully saturated rings. The number of amides is 1. The number of carbonyl (C=O) groups excluding carboxylic acids is 1. The lowest BCUT2D eigenvalue weighted by Gasteiger charge is -2.27. The molecular weight excluding hydrogens is 270 g/mol. The third-order valence-corrected chi connectivity index (χ3v) is 3.40. The third kappa shape index (κ3) is 5.17. The molecule has 1 aromatic rings. The number of likely N-dealkylation sites (N-methyl/N-ethyl adjacent to an activating group) is 1. The lowest BCUT2D eigenvalue weighted by molar-refractivity contribution is -0.149. The maximum atomic E-state index is 12.3. The summed E-state index contributed by atoms with van der Waals surface area (Å²) in [5.74, 6) is -1.41. The van der Waals surface area contributed by atoms with E-state index in [1.807, 2.05) is 30.3 Å². The molecule has 6 heteroatoms. The minimum absolute atomic E-state index is 0.326. The standard InChI is InChI=1S/C15H23N3O3/c1-18(13(15(20)21)8-5-9-16)14(19)12(17)10-11-6-3-2-4-7-11/h2-4,6-7,12-13H,5,8-10,16-17H2,1H3,(H,20,21). The van der Waals surface area contributed by atoms with E-state index in [-0.39, 0.29) is 5.91 Å². The molecule has 0 spiro atoms. The highest BCUT2D eigenvalue weighted by atomic mass is 16.4. The molecule has 116 valence electrons. The number of carboxylic acids is 1. The van der Waals surface area contributed by atoms with Crippen molar-refractivity contribution in [3.8, 4) is 0 Å². The number of nitrogens with two attached hydrogens (primary N) is 2. The molecule has 21 heavy (non-hydrogen) atoms. The van der Waals surface area contributed by atoms with E-state index in [0.717, 1.165) is 5.56 Å². The molecule has 0 heterocycles. The van der Waals surface area contributed by atoms with E-state index in [1.54, 1.807) is 0 Å². The number of aliphatic carboxylic acids is 1. The minimum Gasteiger partial charge on any atom is -0.480 e. The number of rotatable bonds is 8. The van der Waals surface area contributed by atoms with Crippen LogP contribution < -0.4 is 11.5 Å². The molecular formula is C15H23N3O3. The molecule has 0 saturated heterocycles. The van der Waals surface area contributed by atoms with Gasteiger partial charge in [0.15, 0.2) is 0 Å². The number of nitrogens with zero attached hydrogens (tertiary/aromatic N) is 1.